The Bertz CT molecular complexity index is 559. The van der Waals surface area contributed by atoms with Gasteiger partial charge in [0, 0.05) is 11.3 Å². The Morgan fingerprint density at radius 2 is 2.17 bits per heavy atom. The normalized spacial score (nSPS) is 14.7. The third kappa shape index (κ3) is 1.92. The topological polar surface area (TPSA) is 64.9 Å². The summed E-state index contributed by atoms with van der Waals surface area (Å²) in [6, 6.07) is 0. The fraction of sp³-hybridized carbons (Fsp3) is 0.538. The van der Waals surface area contributed by atoms with Crippen LogP contribution in [0, 0.1) is 0 Å². The Morgan fingerprint density at radius 3 is 3.00 bits per heavy atom. The molecule has 1 aliphatic rings. The third-order valence-electron chi connectivity index (χ3n) is 3.35. The van der Waals surface area contributed by atoms with Crippen molar-refractivity contribution in [3.8, 4) is 11.5 Å². The molecule has 0 spiro atoms. The van der Waals surface area contributed by atoms with Crippen LogP contribution in [0.5, 0.6) is 0 Å². The molecule has 0 aliphatic heterocycles. The molecule has 0 saturated heterocycles. The van der Waals surface area contributed by atoms with E-state index in [4.69, 9.17) is 10.3 Å². The molecule has 0 amide bonds. The first-order valence-electron chi connectivity index (χ1n) is 6.52. The highest BCUT2D eigenvalue weighted by atomic mass is 32.1. The lowest BCUT2D eigenvalue weighted by atomic mass is 9.95. The van der Waals surface area contributed by atoms with Crippen molar-refractivity contribution in [2.24, 2.45) is 0 Å². The van der Waals surface area contributed by atoms with Crippen LogP contribution < -0.4 is 5.73 Å². The van der Waals surface area contributed by atoms with E-state index in [1.165, 1.54) is 23.3 Å². The van der Waals surface area contributed by atoms with Gasteiger partial charge in [-0.2, -0.15) is 4.98 Å². The molecule has 0 aromatic carbocycles. The third-order valence-corrected chi connectivity index (χ3v) is 4.48. The average molecular weight is 263 g/mol. The quantitative estimate of drug-likeness (QED) is 0.923. The van der Waals surface area contributed by atoms with Crippen LogP contribution >= 0.6 is 11.3 Å². The molecule has 4 nitrogen and oxygen atoms in total. The lowest BCUT2D eigenvalue weighted by Gasteiger charge is -2.10. The molecule has 96 valence electrons. The second kappa shape index (κ2) is 4.72. The molecule has 18 heavy (non-hydrogen) atoms. The number of fused-ring (bicyclic) bond motifs is 1. The van der Waals surface area contributed by atoms with Gasteiger partial charge in [-0.25, -0.2) is 0 Å². The Hall–Kier alpha value is -1.36. The first-order valence-corrected chi connectivity index (χ1v) is 7.34. The highest BCUT2D eigenvalue weighted by Crippen LogP contribution is 2.41. The first-order chi connectivity index (χ1) is 8.79. The minimum Gasteiger partial charge on any atom is -0.390 e. The zero-order chi connectivity index (χ0) is 12.5. The van der Waals surface area contributed by atoms with Crippen molar-refractivity contribution in [2.75, 3.05) is 5.73 Å². The number of aryl methyl sites for hydroxylation is 2. The molecular weight excluding hydrogens is 246 g/mol. The van der Waals surface area contributed by atoms with Gasteiger partial charge < -0.3 is 10.3 Å². The van der Waals surface area contributed by atoms with Crippen LogP contribution in [0.3, 0.4) is 0 Å². The monoisotopic (exact) mass is 263 g/mol. The van der Waals surface area contributed by atoms with E-state index in [9.17, 15) is 0 Å². The van der Waals surface area contributed by atoms with Gasteiger partial charge >= 0.3 is 0 Å². The summed E-state index contributed by atoms with van der Waals surface area (Å²) < 4.78 is 5.37. The maximum absolute atomic E-state index is 6.13. The molecular formula is C13H17N3OS. The van der Waals surface area contributed by atoms with Crippen molar-refractivity contribution in [3.05, 3.63) is 16.3 Å². The molecule has 0 atom stereocenters. The second-order valence-electron chi connectivity index (χ2n) is 4.72. The van der Waals surface area contributed by atoms with Crippen molar-refractivity contribution in [1.29, 1.82) is 0 Å². The summed E-state index contributed by atoms with van der Waals surface area (Å²) in [6.45, 7) is 2.11. The lowest BCUT2D eigenvalue weighted by molar-refractivity contribution is 0.422. The van der Waals surface area contributed by atoms with Crippen LogP contribution in [-0.4, -0.2) is 10.1 Å². The summed E-state index contributed by atoms with van der Waals surface area (Å²) >= 11 is 1.68. The lowest BCUT2D eigenvalue weighted by Crippen LogP contribution is -2.00. The van der Waals surface area contributed by atoms with E-state index >= 15 is 0 Å². The maximum Gasteiger partial charge on any atom is 0.261 e. The molecule has 3 rings (SSSR count). The number of hydrogen-bond donors (Lipinski definition) is 1. The van der Waals surface area contributed by atoms with Crippen molar-refractivity contribution in [1.82, 2.24) is 10.1 Å². The molecule has 2 aromatic heterocycles. The van der Waals surface area contributed by atoms with Gasteiger partial charge in [0.2, 0.25) is 0 Å². The highest BCUT2D eigenvalue weighted by Gasteiger charge is 2.24. The van der Waals surface area contributed by atoms with Gasteiger partial charge in [-0.3, -0.25) is 0 Å². The van der Waals surface area contributed by atoms with Crippen LogP contribution in [0.1, 0.15) is 42.5 Å². The van der Waals surface area contributed by atoms with Crippen LogP contribution in [0.2, 0.25) is 0 Å². The van der Waals surface area contributed by atoms with Crippen LogP contribution in [-0.2, 0) is 19.3 Å². The van der Waals surface area contributed by atoms with E-state index in [1.807, 2.05) is 0 Å². The second-order valence-corrected chi connectivity index (χ2v) is 5.85. The molecule has 0 unspecified atom stereocenters. The van der Waals surface area contributed by atoms with Gasteiger partial charge in [0.15, 0.2) is 5.82 Å². The fourth-order valence-electron chi connectivity index (χ4n) is 2.50. The van der Waals surface area contributed by atoms with E-state index in [2.05, 4.69) is 17.1 Å². The number of hydrogen-bond acceptors (Lipinski definition) is 5. The van der Waals surface area contributed by atoms with Gasteiger partial charge in [-0.1, -0.05) is 12.1 Å². The number of thiophene rings is 1. The van der Waals surface area contributed by atoms with Crippen molar-refractivity contribution < 1.29 is 4.52 Å². The summed E-state index contributed by atoms with van der Waals surface area (Å²) in [5, 5.41) is 4.84. The summed E-state index contributed by atoms with van der Waals surface area (Å²) in [4.78, 5) is 5.87. The summed E-state index contributed by atoms with van der Waals surface area (Å²) in [7, 11) is 0. The molecule has 2 aromatic rings. The number of anilines is 1. The predicted octanol–water partition coefficient (Wildman–Crippen LogP) is 3.21. The minimum absolute atomic E-state index is 0.607. The summed E-state index contributed by atoms with van der Waals surface area (Å²) in [6.07, 6.45) is 6.60. The molecule has 1 aliphatic carbocycles. The highest BCUT2D eigenvalue weighted by molar-refractivity contribution is 7.16. The van der Waals surface area contributed by atoms with E-state index in [0.29, 0.717) is 5.89 Å². The zero-order valence-corrected chi connectivity index (χ0v) is 11.3. The average Bonchev–Trinajstić information content (AvgIpc) is 2.92. The standard InChI is InChI=1S/C13H17N3OS/c1-2-5-10-15-13(17-16-10)11-8-6-3-4-7-9(8)18-12(11)14/h2-7,14H2,1H3. The molecule has 5 heteroatoms. The van der Waals surface area contributed by atoms with Gasteiger partial charge in [0.25, 0.3) is 5.89 Å². The molecule has 0 radical (unpaired) electrons. The van der Waals surface area contributed by atoms with Gasteiger partial charge in [0.1, 0.15) is 0 Å². The fourth-order valence-corrected chi connectivity index (χ4v) is 3.65. The molecule has 2 N–H and O–H groups in total. The van der Waals surface area contributed by atoms with Crippen LogP contribution in [0.4, 0.5) is 5.00 Å². The Labute approximate surface area is 110 Å². The molecule has 2 heterocycles. The maximum atomic E-state index is 6.13. The van der Waals surface area contributed by atoms with E-state index in [-0.39, 0.29) is 0 Å². The molecule has 0 fully saturated rings. The number of rotatable bonds is 3. The summed E-state index contributed by atoms with van der Waals surface area (Å²) in [5.74, 6) is 1.39. The van der Waals surface area contributed by atoms with Crippen molar-refractivity contribution in [2.45, 2.75) is 45.4 Å². The number of nitrogen functional groups attached to an aromatic ring is 1. The predicted molar refractivity (Wildman–Crippen MR) is 72.7 cm³/mol. The Morgan fingerprint density at radius 1 is 1.33 bits per heavy atom. The van der Waals surface area contributed by atoms with E-state index in [0.717, 1.165) is 42.1 Å². The number of nitrogens with two attached hydrogens (primary N) is 1. The van der Waals surface area contributed by atoms with E-state index in [1.54, 1.807) is 11.3 Å². The molecule has 0 saturated carbocycles. The number of aromatic nitrogens is 2. The van der Waals surface area contributed by atoms with Gasteiger partial charge in [-0.05, 0) is 37.7 Å². The smallest absolute Gasteiger partial charge is 0.261 e. The van der Waals surface area contributed by atoms with E-state index < -0.39 is 0 Å². The van der Waals surface area contributed by atoms with Crippen LogP contribution in [0.15, 0.2) is 4.52 Å². The zero-order valence-electron chi connectivity index (χ0n) is 10.5. The summed E-state index contributed by atoms with van der Waals surface area (Å²) in [5.41, 5.74) is 8.47. The number of nitrogens with zero attached hydrogens (tertiary/aromatic N) is 2. The van der Waals surface area contributed by atoms with Crippen molar-refractivity contribution >= 4 is 16.3 Å². The Kier molecular flexibility index (Phi) is 3.07. The van der Waals surface area contributed by atoms with Crippen molar-refractivity contribution in [3.63, 3.8) is 0 Å². The van der Waals surface area contributed by atoms with Gasteiger partial charge in [0.05, 0.1) is 10.6 Å². The largest absolute Gasteiger partial charge is 0.390 e. The van der Waals surface area contributed by atoms with Gasteiger partial charge in [-0.15, -0.1) is 11.3 Å². The van der Waals surface area contributed by atoms with Crippen LogP contribution in [0.25, 0.3) is 11.5 Å². The minimum atomic E-state index is 0.607. The first kappa shape index (κ1) is 11.7. The molecule has 0 bridgehead atoms. The Balaban J connectivity index is 2.02. The SMILES string of the molecule is CCCc1noc(-c2c(N)sc3c2CCCC3)n1.